The Bertz CT molecular complexity index is 1070. The summed E-state index contributed by atoms with van der Waals surface area (Å²) in [5, 5.41) is 2.76. The molecule has 4 rings (SSSR count). The van der Waals surface area contributed by atoms with Gasteiger partial charge in [0.2, 0.25) is 0 Å². The van der Waals surface area contributed by atoms with E-state index in [1.54, 1.807) is 7.11 Å². The first-order chi connectivity index (χ1) is 14.5. The van der Waals surface area contributed by atoms with Crippen LogP contribution in [0.5, 0.6) is 11.5 Å². The summed E-state index contributed by atoms with van der Waals surface area (Å²) in [6, 6.07) is 8.21. The molecule has 0 unspecified atom stereocenters. The van der Waals surface area contributed by atoms with Gasteiger partial charge in [-0.25, -0.2) is 9.78 Å². The maximum Gasteiger partial charge on any atom is 0.340 e. The van der Waals surface area contributed by atoms with Gasteiger partial charge in [-0.2, -0.15) is 0 Å². The zero-order valence-electron chi connectivity index (χ0n) is 17.7. The minimum Gasteiger partial charge on any atom is -0.493 e. The summed E-state index contributed by atoms with van der Waals surface area (Å²) in [4.78, 5) is 17.2. The Labute approximate surface area is 180 Å². The number of carbonyl (C=O) groups excluding carboxylic acids is 1. The Hall–Kier alpha value is -2.80. The molecule has 30 heavy (non-hydrogen) atoms. The SMILES string of the molecule is CCOc1ccc(-c2nc(COC(=O)c3cc(C)n(C4CC4)c3C)cs2)cc1OC. The average Bonchev–Trinajstić information content (AvgIpc) is 3.37. The Morgan fingerprint density at radius 1 is 1.23 bits per heavy atom. The van der Waals surface area contributed by atoms with Crippen molar-refractivity contribution in [3.63, 3.8) is 0 Å². The lowest BCUT2D eigenvalue weighted by molar-refractivity contribution is 0.0467. The normalized spacial score (nSPS) is 13.3. The first kappa shape index (κ1) is 20.5. The Morgan fingerprint density at radius 2 is 2.03 bits per heavy atom. The van der Waals surface area contributed by atoms with Gasteiger partial charge in [0.15, 0.2) is 11.5 Å². The lowest BCUT2D eigenvalue weighted by atomic mass is 10.2. The van der Waals surface area contributed by atoms with E-state index in [1.807, 2.05) is 50.4 Å². The van der Waals surface area contributed by atoms with Gasteiger partial charge in [-0.15, -0.1) is 11.3 Å². The number of hydrogen-bond acceptors (Lipinski definition) is 6. The maximum atomic E-state index is 12.6. The molecule has 1 aliphatic rings. The number of rotatable bonds is 8. The van der Waals surface area contributed by atoms with Crippen LogP contribution < -0.4 is 9.47 Å². The average molecular weight is 427 g/mol. The molecular weight excluding hydrogens is 400 g/mol. The molecule has 1 saturated carbocycles. The van der Waals surface area contributed by atoms with E-state index in [4.69, 9.17) is 14.2 Å². The van der Waals surface area contributed by atoms with Crippen LogP contribution >= 0.6 is 11.3 Å². The Morgan fingerprint density at radius 3 is 2.73 bits per heavy atom. The monoisotopic (exact) mass is 426 g/mol. The summed E-state index contributed by atoms with van der Waals surface area (Å²) in [6.45, 7) is 6.69. The predicted molar refractivity (Wildman–Crippen MR) is 117 cm³/mol. The van der Waals surface area contributed by atoms with E-state index in [-0.39, 0.29) is 12.6 Å². The van der Waals surface area contributed by atoms with Crippen molar-refractivity contribution in [2.45, 2.75) is 46.3 Å². The van der Waals surface area contributed by atoms with Crippen molar-refractivity contribution in [1.82, 2.24) is 9.55 Å². The predicted octanol–water partition coefficient (Wildman–Crippen LogP) is 5.33. The van der Waals surface area contributed by atoms with E-state index in [0.717, 1.165) is 27.7 Å². The minimum absolute atomic E-state index is 0.149. The summed E-state index contributed by atoms with van der Waals surface area (Å²) >= 11 is 1.51. The molecule has 0 N–H and O–H groups in total. The number of hydrogen-bond donors (Lipinski definition) is 0. The lowest BCUT2D eigenvalue weighted by Crippen LogP contribution is -2.07. The summed E-state index contributed by atoms with van der Waals surface area (Å²) in [7, 11) is 1.62. The highest BCUT2D eigenvalue weighted by Crippen LogP contribution is 2.38. The summed E-state index contributed by atoms with van der Waals surface area (Å²) < 4.78 is 18.8. The van der Waals surface area contributed by atoms with Gasteiger partial charge in [-0.05, 0) is 57.9 Å². The van der Waals surface area contributed by atoms with Crippen LogP contribution in [-0.2, 0) is 11.3 Å². The zero-order chi connectivity index (χ0) is 21.3. The van der Waals surface area contributed by atoms with Crippen molar-refractivity contribution >= 4 is 17.3 Å². The second-order valence-electron chi connectivity index (χ2n) is 7.40. The van der Waals surface area contributed by atoms with Gasteiger partial charge in [0.25, 0.3) is 0 Å². The molecule has 0 radical (unpaired) electrons. The lowest BCUT2D eigenvalue weighted by Gasteiger charge is -2.10. The zero-order valence-corrected chi connectivity index (χ0v) is 18.5. The second-order valence-corrected chi connectivity index (χ2v) is 8.26. The van der Waals surface area contributed by atoms with Crippen LogP contribution in [0.15, 0.2) is 29.6 Å². The number of nitrogens with zero attached hydrogens (tertiary/aromatic N) is 2. The van der Waals surface area contributed by atoms with E-state index in [0.29, 0.717) is 29.7 Å². The third-order valence-corrected chi connectivity index (χ3v) is 6.17. The molecule has 1 fully saturated rings. The molecule has 158 valence electrons. The first-order valence-corrected chi connectivity index (χ1v) is 11.0. The van der Waals surface area contributed by atoms with Crippen molar-refractivity contribution < 1.29 is 19.0 Å². The molecule has 6 nitrogen and oxygen atoms in total. The highest BCUT2D eigenvalue weighted by Gasteiger charge is 2.28. The van der Waals surface area contributed by atoms with Crippen LogP contribution in [0, 0.1) is 13.8 Å². The fraction of sp³-hybridized carbons (Fsp3) is 0.391. The smallest absolute Gasteiger partial charge is 0.340 e. The van der Waals surface area contributed by atoms with Gasteiger partial charge >= 0.3 is 5.97 Å². The van der Waals surface area contributed by atoms with Gasteiger partial charge in [0.1, 0.15) is 11.6 Å². The molecule has 1 aromatic carbocycles. The number of benzene rings is 1. The molecule has 7 heteroatoms. The molecule has 0 aliphatic heterocycles. The topological polar surface area (TPSA) is 62.6 Å². The number of aryl methyl sites for hydroxylation is 1. The number of methoxy groups -OCH3 is 1. The Kier molecular flexibility index (Phi) is 5.81. The van der Waals surface area contributed by atoms with E-state index < -0.39 is 0 Å². The molecule has 2 heterocycles. The summed E-state index contributed by atoms with van der Waals surface area (Å²) in [5.41, 5.74) is 4.41. The van der Waals surface area contributed by atoms with Crippen LogP contribution in [0.3, 0.4) is 0 Å². The quantitative estimate of drug-likeness (QED) is 0.456. The van der Waals surface area contributed by atoms with Gasteiger partial charge in [-0.1, -0.05) is 0 Å². The number of ether oxygens (including phenoxy) is 3. The highest BCUT2D eigenvalue weighted by atomic mass is 32.1. The van der Waals surface area contributed by atoms with Crippen molar-refractivity contribution in [2.24, 2.45) is 0 Å². The van der Waals surface area contributed by atoms with E-state index in [9.17, 15) is 4.79 Å². The van der Waals surface area contributed by atoms with Gasteiger partial charge < -0.3 is 18.8 Å². The number of esters is 1. The van der Waals surface area contributed by atoms with Gasteiger partial charge in [0.05, 0.1) is 25.0 Å². The molecule has 3 aromatic rings. The van der Waals surface area contributed by atoms with E-state index in [1.165, 1.54) is 24.2 Å². The van der Waals surface area contributed by atoms with Crippen molar-refractivity contribution in [1.29, 1.82) is 0 Å². The number of carbonyl (C=O) groups is 1. The molecule has 1 aliphatic carbocycles. The first-order valence-electron chi connectivity index (χ1n) is 10.1. The molecule has 0 atom stereocenters. The number of thiazole rings is 1. The summed E-state index contributed by atoms with van der Waals surface area (Å²) in [6.07, 6.45) is 2.37. The second kappa shape index (κ2) is 8.52. The van der Waals surface area contributed by atoms with Crippen molar-refractivity contribution in [3.8, 4) is 22.1 Å². The van der Waals surface area contributed by atoms with Crippen LogP contribution in [0.4, 0.5) is 0 Å². The molecule has 0 bridgehead atoms. The van der Waals surface area contributed by atoms with E-state index >= 15 is 0 Å². The third-order valence-electron chi connectivity index (χ3n) is 5.23. The summed E-state index contributed by atoms with van der Waals surface area (Å²) in [5.74, 6) is 1.08. The van der Waals surface area contributed by atoms with Crippen molar-refractivity contribution in [3.05, 3.63) is 52.3 Å². The largest absolute Gasteiger partial charge is 0.493 e. The van der Waals surface area contributed by atoms with Crippen LogP contribution in [0.1, 0.15) is 53.2 Å². The fourth-order valence-electron chi connectivity index (χ4n) is 3.68. The van der Waals surface area contributed by atoms with Gasteiger partial charge in [-0.3, -0.25) is 0 Å². The number of aromatic nitrogens is 2. The Balaban J connectivity index is 1.44. The van der Waals surface area contributed by atoms with E-state index in [2.05, 4.69) is 9.55 Å². The molecule has 0 spiro atoms. The van der Waals surface area contributed by atoms with Crippen LogP contribution in [0.2, 0.25) is 0 Å². The molecule has 2 aromatic heterocycles. The third kappa shape index (κ3) is 4.07. The molecular formula is C23H26N2O4S. The van der Waals surface area contributed by atoms with Gasteiger partial charge in [0, 0.05) is 28.4 Å². The van der Waals surface area contributed by atoms with Crippen LogP contribution in [-0.4, -0.2) is 29.2 Å². The maximum absolute atomic E-state index is 12.6. The minimum atomic E-state index is -0.299. The standard InChI is InChI=1S/C23H26N2O4S/c1-5-28-20-9-6-16(11-21(20)27-4)22-24-17(13-30-22)12-29-23(26)19-10-14(2)25(15(19)3)18-7-8-18/h6,9-11,13,18H,5,7-8,12H2,1-4H3. The molecule has 0 amide bonds. The van der Waals surface area contributed by atoms with Crippen molar-refractivity contribution in [2.75, 3.05) is 13.7 Å². The fourth-order valence-corrected chi connectivity index (χ4v) is 4.48. The molecule has 0 saturated heterocycles. The van der Waals surface area contributed by atoms with Crippen LogP contribution in [0.25, 0.3) is 10.6 Å². The highest BCUT2D eigenvalue weighted by molar-refractivity contribution is 7.13.